The van der Waals surface area contributed by atoms with Gasteiger partial charge in [0.25, 0.3) is 11.5 Å². The second-order valence-electron chi connectivity index (χ2n) is 7.86. The van der Waals surface area contributed by atoms with Crippen LogP contribution in [0.5, 0.6) is 0 Å². The SMILES string of the molecule is Cc1cc(C)c2[nH]c(=O)c(CN(CC3CCCO3)C(=O)c3ccccc3)cc2c1. The molecule has 150 valence electrons. The molecule has 1 amide bonds. The predicted molar refractivity (Wildman–Crippen MR) is 114 cm³/mol. The van der Waals surface area contributed by atoms with Gasteiger partial charge in [-0.3, -0.25) is 9.59 Å². The number of aryl methyl sites for hydroxylation is 2. The monoisotopic (exact) mass is 390 g/mol. The van der Waals surface area contributed by atoms with Crippen LogP contribution >= 0.6 is 0 Å². The van der Waals surface area contributed by atoms with Gasteiger partial charge in [0.05, 0.1) is 18.2 Å². The Bertz CT molecular complexity index is 1080. The van der Waals surface area contributed by atoms with E-state index in [2.05, 4.69) is 17.1 Å². The fourth-order valence-electron chi connectivity index (χ4n) is 4.07. The molecule has 29 heavy (non-hydrogen) atoms. The summed E-state index contributed by atoms with van der Waals surface area (Å²) in [5, 5.41) is 0.987. The summed E-state index contributed by atoms with van der Waals surface area (Å²) in [6.07, 6.45) is 1.96. The van der Waals surface area contributed by atoms with E-state index in [1.165, 1.54) is 0 Å². The Labute approximate surface area is 170 Å². The number of carbonyl (C=O) groups is 1. The van der Waals surface area contributed by atoms with Crippen molar-refractivity contribution in [1.29, 1.82) is 0 Å². The van der Waals surface area contributed by atoms with Crippen LogP contribution in [-0.2, 0) is 11.3 Å². The standard InChI is InChI=1S/C24H26N2O3/c1-16-11-17(2)22-19(12-16)13-20(23(27)25-22)14-26(15-21-9-6-10-29-21)24(28)18-7-4-3-5-8-18/h3-5,7-8,11-13,21H,6,9-10,14-15H2,1-2H3,(H,25,27). The summed E-state index contributed by atoms with van der Waals surface area (Å²) >= 11 is 0. The van der Waals surface area contributed by atoms with E-state index in [1.54, 1.807) is 4.90 Å². The third-order valence-electron chi connectivity index (χ3n) is 5.49. The van der Waals surface area contributed by atoms with Gasteiger partial charge in [0.15, 0.2) is 0 Å². The van der Waals surface area contributed by atoms with E-state index >= 15 is 0 Å². The first-order chi connectivity index (χ1) is 14.0. The van der Waals surface area contributed by atoms with Gasteiger partial charge >= 0.3 is 0 Å². The average Bonchev–Trinajstić information content (AvgIpc) is 3.22. The number of benzene rings is 2. The molecule has 0 bridgehead atoms. The summed E-state index contributed by atoms with van der Waals surface area (Å²) in [6.45, 7) is 5.50. The number of nitrogens with zero attached hydrogens (tertiary/aromatic N) is 1. The second-order valence-corrected chi connectivity index (χ2v) is 7.86. The number of amides is 1. The van der Waals surface area contributed by atoms with Gasteiger partial charge in [-0.2, -0.15) is 0 Å². The minimum absolute atomic E-state index is 0.0201. The van der Waals surface area contributed by atoms with Crippen molar-refractivity contribution in [2.45, 2.75) is 39.3 Å². The number of ether oxygens (including phenoxy) is 1. The minimum atomic E-state index is -0.150. The number of aromatic amines is 1. The first-order valence-corrected chi connectivity index (χ1v) is 10.1. The van der Waals surface area contributed by atoms with Crippen molar-refractivity contribution in [3.63, 3.8) is 0 Å². The number of pyridine rings is 1. The number of hydrogen-bond donors (Lipinski definition) is 1. The van der Waals surface area contributed by atoms with Crippen molar-refractivity contribution in [1.82, 2.24) is 9.88 Å². The summed E-state index contributed by atoms with van der Waals surface area (Å²) in [5.41, 5.74) is 4.09. The van der Waals surface area contributed by atoms with Crippen LogP contribution in [0.25, 0.3) is 10.9 Å². The van der Waals surface area contributed by atoms with Gasteiger partial charge in [-0.1, -0.05) is 29.8 Å². The van der Waals surface area contributed by atoms with E-state index in [0.717, 1.165) is 41.5 Å². The van der Waals surface area contributed by atoms with Gasteiger partial charge < -0.3 is 14.6 Å². The lowest BCUT2D eigenvalue weighted by molar-refractivity contribution is 0.0506. The van der Waals surface area contributed by atoms with Crippen molar-refractivity contribution in [2.24, 2.45) is 0 Å². The van der Waals surface area contributed by atoms with Crippen LogP contribution < -0.4 is 5.56 Å². The summed E-state index contributed by atoms with van der Waals surface area (Å²) in [5.74, 6) is -0.0824. The molecule has 0 aliphatic carbocycles. The van der Waals surface area contributed by atoms with Crippen molar-refractivity contribution in [3.8, 4) is 0 Å². The van der Waals surface area contributed by atoms with E-state index in [1.807, 2.05) is 50.2 Å². The Morgan fingerprint density at radius 2 is 1.97 bits per heavy atom. The Balaban J connectivity index is 1.68. The van der Waals surface area contributed by atoms with Crippen LogP contribution in [0.3, 0.4) is 0 Å². The maximum absolute atomic E-state index is 13.2. The van der Waals surface area contributed by atoms with Gasteiger partial charge in [0, 0.05) is 24.3 Å². The molecule has 5 nitrogen and oxygen atoms in total. The molecule has 0 spiro atoms. The zero-order valence-corrected chi connectivity index (χ0v) is 16.9. The molecule has 0 radical (unpaired) electrons. The topological polar surface area (TPSA) is 62.4 Å². The number of rotatable bonds is 5. The first kappa shape index (κ1) is 19.4. The zero-order valence-electron chi connectivity index (χ0n) is 16.9. The molecule has 2 heterocycles. The lowest BCUT2D eigenvalue weighted by atomic mass is 10.0. The van der Waals surface area contributed by atoms with Crippen LogP contribution in [0.4, 0.5) is 0 Å². The number of H-pyrrole nitrogens is 1. The van der Waals surface area contributed by atoms with Gasteiger partial charge in [-0.15, -0.1) is 0 Å². The zero-order chi connectivity index (χ0) is 20.4. The highest BCUT2D eigenvalue weighted by Crippen LogP contribution is 2.20. The largest absolute Gasteiger partial charge is 0.376 e. The number of hydrogen-bond acceptors (Lipinski definition) is 3. The fraction of sp³-hybridized carbons (Fsp3) is 0.333. The smallest absolute Gasteiger partial charge is 0.254 e. The van der Waals surface area contributed by atoms with Gasteiger partial charge in [0.2, 0.25) is 0 Å². The molecular formula is C24H26N2O3. The highest BCUT2D eigenvalue weighted by Gasteiger charge is 2.24. The van der Waals surface area contributed by atoms with Crippen LogP contribution in [0.2, 0.25) is 0 Å². The van der Waals surface area contributed by atoms with Gasteiger partial charge in [-0.25, -0.2) is 0 Å². The third-order valence-corrected chi connectivity index (χ3v) is 5.49. The van der Waals surface area contributed by atoms with Crippen LogP contribution in [-0.4, -0.2) is 35.0 Å². The Morgan fingerprint density at radius 1 is 1.17 bits per heavy atom. The molecule has 1 unspecified atom stereocenters. The molecule has 3 aromatic rings. The lowest BCUT2D eigenvalue weighted by Gasteiger charge is -2.25. The molecule has 1 aliphatic heterocycles. The molecule has 1 N–H and O–H groups in total. The number of fused-ring (bicyclic) bond motifs is 1. The quantitative estimate of drug-likeness (QED) is 0.717. The molecule has 1 atom stereocenters. The predicted octanol–water partition coefficient (Wildman–Crippen LogP) is 3.97. The molecule has 5 heteroatoms. The van der Waals surface area contributed by atoms with Crippen molar-refractivity contribution < 1.29 is 9.53 Å². The first-order valence-electron chi connectivity index (χ1n) is 10.1. The number of aromatic nitrogens is 1. The number of carbonyl (C=O) groups excluding carboxylic acids is 1. The van der Waals surface area contributed by atoms with Crippen LogP contribution in [0.1, 0.15) is 39.9 Å². The van der Waals surface area contributed by atoms with Crippen molar-refractivity contribution in [2.75, 3.05) is 13.2 Å². The maximum Gasteiger partial charge on any atom is 0.254 e. The maximum atomic E-state index is 13.2. The molecule has 4 rings (SSSR count). The normalized spacial score (nSPS) is 16.3. The Kier molecular flexibility index (Phi) is 5.49. The molecule has 1 saturated heterocycles. The fourth-order valence-corrected chi connectivity index (χ4v) is 4.07. The summed E-state index contributed by atoms with van der Waals surface area (Å²) < 4.78 is 5.76. The summed E-state index contributed by atoms with van der Waals surface area (Å²) in [7, 11) is 0. The molecule has 2 aromatic carbocycles. The minimum Gasteiger partial charge on any atom is -0.376 e. The van der Waals surface area contributed by atoms with Crippen LogP contribution in [0, 0.1) is 13.8 Å². The van der Waals surface area contributed by atoms with E-state index in [9.17, 15) is 9.59 Å². The van der Waals surface area contributed by atoms with E-state index < -0.39 is 0 Å². The lowest BCUT2D eigenvalue weighted by Crippen LogP contribution is -2.38. The molecular weight excluding hydrogens is 364 g/mol. The Morgan fingerprint density at radius 3 is 2.69 bits per heavy atom. The summed E-state index contributed by atoms with van der Waals surface area (Å²) in [6, 6.07) is 15.2. The molecule has 0 saturated carbocycles. The van der Waals surface area contributed by atoms with E-state index in [0.29, 0.717) is 17.7 Å². The number of nitrogens with one attached hydrogen (secondary N) is 1. The van der Waals surface area contributed by atoms with Crippen molar-refractivity contribution in [3.05, 3.63) is 81.1 Å². The average molecular weight is 390 g/mol. The summed E-state index contributed by atoms with van der Waals surface area (Å²) in [4.78, 5) is 30.7. The second kappa shape index (κ2) is 8.21. The highest BCUT2D eigenvalue weighted by atomic mass is 16.5. The van der Waals surface area contributed by atoms with Gasteiger partial charge in [0.1, 0.15) is 0 Å². The van der Waals surface area contributed by atoms with Gasteiger partial charge in [-0.05, 0) is 61.9 Å². The molecule has 1 aromatic heterocycles. The molecule has 1 aliphatic rings. The van der Waals surface area contributed by atoms with Crippen molar-refractivity contribution >= 4 is 16.8 Å². The molecule has 1 fully saturated rings. The Hall–Kier alpha value is -2.92. The van der Waals surface area contributed by atoms with E-state index in [-0.39, 0.29) is 24.1 Å². The van der Waals surface area contributed by atoms with E-state index in [4.69, 9.17) is 4.74 Å². The van der Waals surface area contributed by atoms with Crippen LogP contribution in [0.15, 0.2) is 53.3 Å². The third kappa shape index (κ3) is 4.25. The highest BCUT2D eigenvalue weighted by molar-refractivity contribution is 5.94.